The van der Waals surface area contributed by atoms with Gasteiger partial charge in [-0.1, -0.05) is 45.9 Å². The van der Waals surface area contributed by atoms with Crippen LogP contribution in [0.15, 0.2) is 36.4 Å². The molecule has 26 heavy (non-hydrogen) atoms. The molecule has 2 aromatic carbocycles. The van der Waals surface area contributed by atoms with E-state index in [2.05, 4.69) is 52.8 Å². The number of hydrogen-bond acceptors (Lipinski definition) is 2. The van der Waals surface area contributed by atoms with Gasteiger partial charge in [0.2, 0.25) is 0 Å². The van der Waals surface area contributed by atoms with Gasteiger partial charge in [0.15, 0.2) is 0 Å². The zero-order valence-corrected chi connectivity index (χ0v) is 16.8. The Morgan fingerprint density at radius 2 is 1.50 bits per heavy atom. The minimum Gasteiger partial charge on any atom is -0.508 e. The number of phenolic OH excluding ortho intramolecular Hbond substituents is 1. The lowest BCUT2D eigenvalue weighted by molar-refractivity contribution is 0.328. The zero-order valence-electron chi connectivity index (χ0n) is 16.8. The molecule has 0 aliphatic heterocycles. The molecular formula is C24H30O2. The standard InChI is InChI=1S/C24H30O2/c1-16(13-17-7-9-18(25)10-8-17)19-14-20-21(15-22(19)26-6)24(4,5)12-11-23(20,2)3/h7-10,13-15,25H,11-12H2,1-6H3. The van der Waals surface area contributed by atoms with Crippen LogP contribution in [0, 0.1) is 0 Å². The summed E-state index contributed by atoms with van der Waals surface area (Å²) >= 11 is 0. The minimum atomic E-state index is 0.171. The van der Waals surface area contributed by atoms with Gasteiger partial charge in [0, 0.05) is 5.56 Å². The smallest absolute Gasteiger partial charge is 0.126 e. The summed E-state index contributed by atoms with van der Waals surface area (Å²) < 4.78 is 5.77. The summed E-state index contributed by atoms with van der Waals surface area (Å²) in [7, 11) is 1.75. The van der Waals surface area contributed by atoms with Gasteiger partial charge in [-0.15, -0.1) is 0 Å². The Balaban J connectivity index is 2.14. The molecule has 2 heteroatoms. The first-order valence-electron chi connectivity index (χ1n) is 9.35. The van der Waals surface area contributed by atoms with Crippen molar-refractivity contribution >= 4 is 11.6 Å². The number of methoxy groups -OCH3 is 1. The topological polar surface area (TPSA) is 29.5 Å². The molecule has 0 bridgehead atoms. The van der Waals surface area contributed by atoms with E-state index in [9.17, 15) is 5.11 Å². The van der Waals surface area contributed by atoms with Crippen molar-refractivity contribution in [3.8, 4) is 11.5 Å². The highest BCUT2D eigenvalue weighted by molar-refractivity contribution is 5.83. The highest BCUT2D eigenvalue weighted by Crippen LogP contribution is 2.48. The van der Waals surface area contributed by atoms with E-state index >= 15 is 0 Å². The third-order valence-electron chi connectivity index (χ3n) is 5.87. The number of hydrogen-bond donors (Lipinski definition) is 1. The number of rotatable bonds is 3. The maximum absolute atomic E-state index is 9.49. The van der Waals surface area contributed by atoms with Crippen molar-refractivity contribution in [3.05, 3.63) is 58.7 Å². The monoisotopic (exact) mass is 350 g/mol. The first kappa shape index (κ1) is 18.6. The fourth-order valence-corrected chi connectivity index (χ4v) is 3.97. The Labute approximate surface area is 157 Å². The van der Waals surface area contributed by atoms with Crippen LogP contribution in [0.5, 0.6) is 11.5 Å². The number of fused-ring (bicyclic) bond motifs is 1. The molecule has 0 heterocycles. The average Bonchev–Trinajstić information content (AvgIpc) is 2.60. The van der Waals surface area contributed by atoms with Crippen molar-refractivity contribution < 1.29 is 9.84 Å². The molecule has 1 aliphatic carbocycles. The Hall–Kier alpha value is -2.22. The van der Waals surface area contributed by atoms with Crippen molar-refractivity contribution in [1.82, 2.24) is 0 Å². The Morgan fingerprint density at radius 1 is 0.962 bits per heavy atom. The predicted octanol–water partition coefficient (Wildman–Crippen LogP) is 6.31. The molecule has 0 radical (unpaired) electrons. The maximum atomic E-state index is 9.49. The van der Waals surface area contributed by atoms with Crippen LogP contribution < -0.4 is 4.74 Å². The van der Waals surface area contributed by atoms with Crippen molar-refractivity contribution in [1.29, 1.82) is 0 Å². The second kappa shape index (κ2) is 6.50. The SMILES string of the molecule is COc1cc2c(cc1C(C)=Cc1ccc(O)cc1)C(C)(C)CCC2(C)C. The van der Waals surface area contributed by atoms with Crippen LogP contribution in [0.1, 0.15) is 69.7 Å². The molecule has 0 unspecified atom stereocenters. The van der Waals surface area contributed by atoms with Crippen LogP contribution >= 0.6 is 0 Å². The molecule has 0 saturated heterocycles. The molecule has 2 nitrogen and oxygen atoms in total. The fraction of sp³-hybridized carbons (Fsp3) is 0.417. The number of phenols is 1. The summed E-state index contributed by atoms with van der Waals surface area (Å²) in [6.45, 7) is 11.5. The summed E-state index contributed by atoms with van der Waals surface area (Å²) in [6, 6.07) is 11.9. The Bertz CT molecular complexity index is 839. The van der Waals surface area contributed by atoms with E-state index in [0.29, 0.717) is 0 Å². The Morgan fingerprint density at radius 3 is 2.04 bits per heavy atom. The quantitative estimate of drug-likeness (QED) is 0.657. The van der Waals surface area contributed by atoms with Gasteiger partial charge < -0.3 is 9.84 Å². The van der Waals surface area contributed by atoms with Crippen LogP contribution in [-0.4, -0.2) is 12.2 Å². The number of allylic oxidation sites excluding steroid dienone is 1. The van der Waals surface area contributed by atoms with Crippen LogP contribution in [0.25, 0.3) is 11.6 Å². The molecule has 0 fully saturated rings. The number of benzene rings is 2. The Kier molecular flexibility index (Phi) is 4.64. The lowest BCUT2D eigenvalue weighted by atomic mass is 9.62. The van der Waals surface area contributed by atoms with Crippen LogP contribution in [0.2, 0.25) is 0 Å². The molecule has 0 atom stereocenters. The number of aromatic hydroxyl groups is 1. The van der Waals surface area contributed by atoms with Crippen LogP contribution in [0.4, 0.5) is 0 Å². The van der Waals surface area contributed by atoms with Crippen molar-refractivity contribution in [2.45, 2.75) is 58.3 Å². The highest BCUT2D eigenvalue weighted by Gasteiger charge is 2.37. The average molecular weight is 351 g/mol. The largest absolute Gasteiger partial charge is 0.508 e. The van der Waals surface area contributed by atoms with E-state index in [-0.39, 0.29) is 16.6 Å². The van der Waals surface area contributed by atoms with E-state index in [4.69, 9.17) is 4.74 Å². The minimum absolute atomic E-state index is 0.171. The molecule has 2 aromatic rings. The van der Waals surface area contributed by atoms with E-state index < -0.39 is 0 Å². The molecule has 138 valence electrons. The van der Waals surface area contributed by atoms with Crippen molar-refractivity contribution in [2.24, 2.45) is 0 Å². The molecule has 0 saturated carbocycles. The lowest BCUT2D eigenvalue weighted by Gasteiger charge is -2.42. The molecule has 3 rings (SSSR count). The van der Waals surface area contributed by atoms with Crippen molar-refractivity contribution in [3.63, 3.8) is 0 Å². The first-order chi connectivity index (χ1) is 12.1. The van der Waals surface area contributed by atoms with Gasteiger partial charge in [0.25, 0.3) is 0 Å². The van der Waals surface area contributed by atoms with E-state index in [1.165, 1.54) is 24.0 Å². The molecule has 0 spiro atoms. The lowest BCUT2D eigenvalue weighted by Crippen LogP contribution is -2.34. The second-order valence-electron chi connectivity index (χ2n) is 8.78. The summed E-state index contributed by atoms with van der Waals surface area (Å²) in [5, 5.41) is 9.49. The molecule has 1 N–H and O–H groups in total. The third-order valence-corrected chi connectivity index (χ3v) is 5.87. The number of ether oxygens (including phenoxy) is 1. The normalized spacial score (nSPS) is 18.3. The van der Waals surface area contributed by atoms with Crippen LogP contribution in [-0.2, 0) is 10.8 Å². The van der Waals surface area contributed by atoms with Gasteiger partial charge in [-0.25, -0.2) is 0 Å². The summed E-state index contributed by atoms with van der Waals surface area (Å²) in [6.07, 6.45) is 4.53. The van der Waals surface area contributed by atoms with Gasteiger partial charge in [0.05, 0.1) is 7.11 Å². The molecule has 0 amide bonds. The molecule has 0 aromatic heterocycles. The first-order valence-corrected chi connectivity index (χ1v) is 9.35. The van der Waals surface area contributed by atoms with Crippen LogP contribution in [0.3, 0.4) is 0 Å². The zero-order chi connectivity index (χ0) is 19.1. The third kappa shape index (κ3) is 3.38. The second-order valence-corrected chi connectivity index (χ2v) is 8.78. The summed E-state index contributed by atoms with van der Waals surface area (Å²) in [4.78, 5) is 0. The fourth-order valence-electron chi connectivity index (χ4n) is 3.97. The van der Waals surface area contributed by atoms with Gasteiger partial charge in [-0.2, -0.15) is 0 Å². The molecule has 1 aliphatic rings. The predicted molar refractivity (Wildman–Crippen MR) is 110 cm³/mol. The van der Waals surface area contributed by atoms with Crippen molar-refractivity contribution in [2.75, 3.05) is 7.11 Å². The van der Waals surface area contributed by atoms with Gasteiger partial charge in [0.1, 0.15) is 11.5 Å². The van der Waals surface area contributed by atoms with Gasteiger partial charge in [-0.3, -0.25) is 0 Å². The molecular weight excluding hydrogens is 320 g/mol. The summed E-state index contributed by atoms with van der Waals surface area (Å²) in [5.74, 6) is 1.22. The maximum Gasteiger partial charge on any atom is 0.126 e. The summed E-state index contributed by atoms with van der Waals surface area (Å²) in [5.41, 5.74) is 6.56. The van der Waals surface area contributed by atoms with E-state index in [1.54, 1.807) is 19.2 Å². The van der Waals surface area contributed by atoms with Gasteiger partial charge >= 0.3 is 0 Å². The van der Waals surface area contributed by atoms with Gasteiger partial charge in [-0.05, 0) is 77.1 Å². The highest BCUT2D eigenvalue weighted by atomic mass is 16.5. The van der Waals surface area contributed by atoms with E-state index in [0.717, 1.165) is 22.4 Å². The van der Waals surface area contributed by atoms with E-state index in [1.807, 2.05) is 12.1 Å².